The SMILES string of the molecule is O=C(Nc1cnccn1)Nc1nccs1. The molecule has 76 valence electrons. The fourth-order valence-corrected chi connectivity index (χ4v) is 1.42. The average Bonchev–Trinajstić information content (AvgIpc) is 2.71. The highest BCUT2D eigenvalue weighted by Gasteiger charge is 2.03. The summed E-state index contributed by atoms with van der Waals surface area (Å²) in [6, 6.07) is -0.384. The molecule has 0 saturated heterocycles. The van der Waals surface area contributed by atoms with E-state index >= 15 is 0 Å². The van der Waals surface area contributed by atoms with Gasteiger partial charge < -0.3 is 0 Å². The van der Waals surface area contributed by atoms with E-state index in [-0.39, 0.29) is 6.03 Å². The maximum Gasteiger partial charge on any atom is 0.326 e. The van der Waals surface area contributed by atoms with Gasteiger partial charge in [0, 0.05) is 24.0 Å². The number of carbonyl (C=O) groups excluding carboxylic acids is 1. The summed E-state index contributed by atoms with van der Waals surface area (Å²) in [4.78, 5) is 23.0. The molecule has 0 unspecified atom stereocenters. The van der Waals surface area contributed by atoms with Crippen molar-refractivity contribution in [1.29, 1.82) is 0 Å². The van der Waals surface area contributed by atoms with E-state index in [2.05, 4.69) is 25.6 Å². The molecule has 2 aromatic rings. The highest BCUT2D eigenvalue weighted by Crippen LogP contribution is 2.10. The van der Waals surface area contributed by atoms with Crippen LogP contribution in [0.3, 0.4) is 0 Å². The van der Waals surface area contributed by atoms with Crippen molar-refractivity contribution in [1.82, 2.24) is 15.0 Å². The fraction of sp³-hybridized carbons (Fsp3) is 0. The van der Waals surface area contributed by atoms with Crippen LogP contribution in [-0.4, -0.2) is 21.0 Å². The highest BCUT2D eigenvalue weighted by molar-refractivity contribution is 7.13. The minimum Gasteiger partial charge on any atom is -0.291 e. The van der Waals surface area contributed by atoms with Crippen molar-refractivity contribution < 1.29 is 4.79 Å². The monoisotopic (exact) mass is 221 g/mol. The van der Waals surface area contributed by atoms with Crippen molar-refractivity contribution in [2.45, 2.75) is 0 Å². The number of anilines is 2. The molecule has 2 N–H and O–H groups in total. The molecular formula is C8H7N5OS. The lowest BCUT2D eigenvalue weighted by Crippen LogP contribution is -2.19. The van der Waals surface area contributed by atoms with E-state index in [9.17, 15) is 4.79 Å². The second-order valence-corrected chi connectivity index (χ2v) is 3.40. The maximum absolute atomic E-state index is 11.4. The number of hydrogen-bond acceptors (Lipinski definition) is 5. The second kappa shape index (κ2) is 4.47. The van der Waals surface area contributed by atoms with Gasteiger partial charge in [0.1, 0.15) is 0 Å². The Morgan fingerprint density at radius 2 is 2.13 bits per heavy atom. The number of amides is 2. The number of hydrogen-bond donors (Lipinski definition) is 2. The third-order valence-corrected chi connectivity index (χ3v) is 2.15. The minimum atomic E-state index is -0.384. The first-order valence-corrected chi connectivity index (χ1v) is 4.96. The lowest BCUT2D eigenvalue weighted by Gasteiger charge is -2.02. The number of carbonyl (C=O) groups is 1. The zero-order valence-electron chi connectivity index (χ0n) is 7.54. The third-order valence-electron chi connectivity index (χ3n) is 1.46. The van der Waals surface area contributed by atoms with E-state index in [0.29, 0.717) is 10.9 Å². The zero-order valence-corrected chi connectivity index (χ0v) is 8.36. The van der Waals surface area contributed by atoms with Gasteiger partial charge in [-0.1, -0.05) is 0 Å². The standard InChI is InChI=1S/C8H7N5OS/c14-7(13-8-11-3-4-15-8)12-6-5-9-1-2-10-6/h1-5H,(H2,10,11,12,13,14). The molecular weight excluding hydrogens is 214 g/mol. The van der Waals surface area contributed by atoms with Crippen LogP contribution >= 0.6 is 11.3 Å². The first-order valence-electron chi connectivity index (χ1n) is 4.08. The van der Waals surface area contributed by atoms with E-state index in [1.54, 1.807) is 11.6 Å². The summed E-state index contributed by atoms with van der Waals surface area (Å²) in [6.45, 7) is 0. The fourth-order valence-electron chi connectivity index (χ4n) is 0.894. The van der Waals surface area contributed by atoms with E-state index in [1.165, 1.54) is 29.9 Å². The molecule has 0 aliphatic heterocycles. The van der Waals surface area contributed by atoms with Crippen LogP contribution in [0.2, 0.25) is 0 Å². The van der Waals surface area contributed by atoms with Crippen molar-refractivity contribution in [3.63, 3.8) is 0 Å². The predicted molar refractivity (Wildman–Crippen MR) is 56.8 cm³/mol. The maximum atomic E-state index is 11.4. The van der Waals surface area contributed by atoms with Crippen molar-refractivity contribution in [3.8, 4) is 0 Å². The van der Waals surface area contributed by atoms with Crippen molar-refractivity contribution in [2.24, 2.45) is 0 Å². The van der Waals surface area contributed by atoms with E-state index in [0.717, 1.165) is 0 Å². The topological polar surface area (TPSA) is 79.8 Å². The van der Waals surface area contributed by atoms with Gasteiger partial charge in [0.25, 0.3) is 0 Å². The number of nitrogens with one attached hydrogen (secondary N) is 2. The van der Waals surface area contributed by atoms with Crippen LogP contribution < -0.4 is 10.6 Å². The van der Waals surface area contributed by atoms with Crippen LogP contribution in [0, 0.1) is 0 Å². The molecule has 7 heteroatoms. The highest BCUT2D eigenvalue weighted by atomic mass is 32.1. The van der Waals surface area contributed by atoms with Gasteiger partial charge in [-0.05, 0) is 0 Å². The van der Waals surface area contributed by atoms with Crippen LogP contribution in [0.15, 0.2) is 30.2 Å². The molecule has 0 saturated carbocycles. The Balaban J connectivity index is 1.94. The van der Waals surface area contributed by atoms with Crippen LogP contribution in [0.5, 0.6) is 0 Å². The zero-order chi connectivity index (χ0) is 10.5. The Bertz CT molecular complexity index is 430. The molecule has 0 fully saturated rings. The molecule has 0 radical (unpaired) electrons. The Hall–Kier alpha value is -2.02. The van der Waals surface area contributed by atoms with Gasteiger partial charge >= 0.3 is 6.03 Å². The first kappa shape index (κ1) is 9.53. The average molecular weight is 221 g/mol. The van der Waals surface area contributed by atoms with Crippen LogP contribution in [0.1, 0.15) is 0 Å². The summed E-state index contributed by atoms with van der Waals surface area (Å²) in [7, 11) is 0. The molecule has 2 rings (SSSR count). The molecule has 0 aromatic carbocycles. The third kappa shape index (κ3) is 2.71. The Labute approximate surface area is 89.4 Å². The first-order chi connectivity index (χ1) is 7.34. The molecule has 0 spiro atoms. The van der Waals surface area contributed by atoms with Gasteiger partial charge in [-0.3, -0.25) is 15.6 Å². The van der Waals surface area contributed by atoms with Gasteiger partial charge in [0.15, 0.2) is 10.9 Å². The van der Waals surface area contributed by atoms with Gasteiger partial charge in [-0.15, -0.1) is 11.3 Å². The lowest BCUT2D eigenvalue weighted by molar-refractivity contribution is 0.262. The predicted octanol–water partition coefficient (Wildman–Crippen LogP) is 1.58. The normalized spacial score (nSPS) is 9.60. The summed E-state index contributed by atoms with van der Waals surface area (Å²) in [5.41, 5.74) is 0. The van der Waals surface area contributed by atoms with Crippen molar-refractivity contribution >= 4 is 28.3 Å². The molecule has 0 atom stereocenters. The van der Waals surface area contributed by atoms with Crippen LogP contribution in [0.4, 0.5) is 15.7 Å². The molecule has 6 nitrogen and oxygen atoms in total. The smallest absolute Gasteiger partial charge is 0.291 e. The quantitative estimate of drug-likeness (QED) is 0.806. The number of rotatable bonds is 2. The molecule has 2 aromatic heterocycles. The number of nitrogens with zero attached hydrogens (tertiary/aromatic N) is 3. The minimum absolute atomic E-state index is 0.384. The van der Waals surface area contributed by atoms with Crippen molar-refractivity contribution in [2.75, 3.05) is 10.6 Å². The number of aromatic nitrogens is 3. The molecule has 2 heterocycles. The Morgan fingerprint density at radius 1 is 1.20 bits per heavy atom. The molecule has 0 aliphatic carbocycles. The van der Waals surface area contributed by atoms with Gasteiger partial charge in [0.05, 0.1) is 6.20 Å². The Kier molecular flexibility index (Phi) is 2.84. The van der Waals surface area contributed by atoms with Gasteiger partial charge in [0.2, 0.25) is 0 Å². The molecule has 0 bridgehead atoms. The summed E-state index contributed by atoms with van der Waals surface area (Å²) in [6.07, 6.45) is 6.10. The van der Waals surface area contributed by atoms with E-state index < -0.39 is 0 Å². The summed E-state index contributed by atoms with van der Waals surface area (Å²) < 4.78 is 0. The van der Waals surface area contributed by atoms with Gasteiger partial charge in [-0.25, -0.2) is 14.8 Å². The van der Waals surface area contributed by atoms with Crippen LogP contribution in [-0.2, 0) is 0 Å². The van der Waals surface area contributed by atoms with Crippen molar-refractivity contribution in [3.05, 3.63) is 30.2 Å². The second-order valence-electron chi connectivity index (χ2n) is 2.51. The van der Waals surface area contributed by atoms with E-state index in [1.807, 2.05) is 0 Å². The largest absolute Gasteiger partial charge is 0.326 e. The lowest BCUT2D eigenvalue weighted by atomic mass is 10.6. The Morgan fingerprint density at radius 3 is 2.80 bits per heavy atom. The van der Waals surface area contributed by atoms with E-state index in [4.69, 9.17) is 0 Å². The molecule has 0 aliphatic rings. The summed E-state index contributed by atoms with van der Waals surface area (Å²) >= 11 is 1.34. The molecule has 2 amide bonds. The number of thiazole rings is 1. The summed E-state index contributed by atoms with van der Waals surface area (Å²) in [5, 5.41) is 7.40. The number of urea groups is 1. The molecule has 15 heavy (non-hydrogen) atoms. The van der Waals surface area contributed by atoms with Crippen LogP contribution in [0.25, 0.3) is 0 Å². The van der Waals surface area contributed by atoms with Gasteiger partial charge in [-0.2, -0.15) is 0 Å². The summed E-state index contributed by atoms with van der Waals surface area (Å²) in [5.74, 6) is 0.395.